The number of aryl methyl sites for hydroxylation is 1. The van der Waals surface area contributed by atoms with Crippen LogP contribution in [-0.4, -0.2) is 23.0 Å². The maximum Gasteiger partial charge on any atom is 0.223 e. The molecule has 0 aliphatic rings. The van der Waals surface area contributed by atoms with Gasteiger partial charge in [0, 0.05) is 18.6 Å². The van der Waals surface area contributed by atoms with Gasteiger partial charge >= 0.3 is 0 Å². The molecule has 0 unspecified atom stereocenters. The highest BCUT2D eigenvalue weighted by molar-refractivity contribution is 7.91. The van der Waals surface area contributed by atoms with Crippen LogP contribution in [0.15, 0.2) is 77.0 Å². The lowest BCUT2D eigenvalue weighted by molar-refractivity contribution is 0.591. The van der Waals surface area contributed by atoms with Crippen LogP contribution in [0.3, 0.4) is 0 Å². The van der Waals surface area contributed by atoms with E-state index in [1.807, 2.05) is 31.3 Å². The lowest BCUT2D eigenvalue weighted by Gasteiger charge is -2.11. The molecule has 4 rings (SSSR count). The van der Waals surface area contributed by atoms with E-state index in [0.717, 1.165) is 17.5 Å². The standard InChI is InChI=1S/C19H15FN4O2S/c1-24-11-17(21-12-24)22-19-16-5-3-2-4-13(16)10-18(23-19)27(25,26)15-8-6-14(20)7-9-15/h2-12H,1H3,(H,22,23). The molecule has 0 amide bonds. The number of hydrogen-bond acceptors (Lipinski definition) is 5. The third-order valence-electron chi connectivity index (χ3n) is 4.07. The van der Waals surface area contributed by atoms with E-state index in [0.29, 0.717) is 17.0 Å². The van der Waals surface area contributed by atoms with Gasteiger partial charge < -0.3 is 9.88 Å². The molecule has 0 fully saturated rings. The summed E-state index contributed by atoms with van der Waals surface area (Å²) in [5, 5.41) is 4.43. The Kier molecular flexibility index (Phi) is 4.12. The van der Waals surface area contributed by atoms with E-state index in [-0.39, 0.29) is 9.92 Å². The number of nitrogens with zero attached hydrogens (tertiary/aromatic N) is 3. The van der Waals surface area contributed by atoms with Crippen molar-refractivity contribution in [3.8, 4) is 0 Å². The third kappa shape index (κ3) is 3.26. The molecule has 0 spiro atoms. The summed E-state index contributed by atoms with van der Waals surface area (Å²) in [6, 6.07) is 13.5. The summed E-state index contributed by atoms with van der Waals surface area (Å²) >= 11 is 0. The average molecular weight is 382 g/mol. The minimum absolute atomic E-state index is 0.0181. The van der Waals surface area contributed by atoms with Gasteiger partial charge in [-0.15, -0.1) is 0 Å². The summed E-state index contributed by atoms with van der Waals surface area (Å²) in [6.07, 6.45) is 3.39. The van der Waals surface area contributed by atoms with Crippen molar-refractivity contribution in [1.29, 1.82) is 0 Å². The van der Waals surface area contributed by atoms with E-state index in [1.165, 1.54) is 18.2 Å². The van der Waals surface area contributed by atoms with Gasteiger partial charge in [-0.2, -0.15) is 0 Å². The van der Waals surface area contributed by atoms with Crippen LogP contribution in [0, 0.1) is 5.82 Å². The van der Waals surface area contributed by atoms with E-state index in [4.69, 9.17) is 0 Å². The molecule has 0 radical (unpaired) electrons. The summed E-state index contributed by atoms with van der Waals surface area (Å²) in [4.78, 5) is 8.51. The number of rotatable bonds is 4. The second-order valence-electron chi connectivity index (χ2n) is 6.04. The molecule has 2 aromatic heterocycles. The number of fused-ring (bicyclic) bond motifs is 1. The van der Waals surface area contributed by atoms with Gasteiger partial charge in [0.1, 0.15) is 17.5 Å². The molecular weight excluding hydrogens is 367 g/mol. The second kappa shape index (κ2) is 6.48. The number of anilines is 2. The Morgan fingerprint density at radius 1 is 1.07 bits per heavy atom. The zero-order valence-corrected chi connectivity index (χ0v) is 15.1. The third-order valence-corrected chi connectivity index (χ3v) is 5.72. The summed E-state index contributed by atoms with van der Waals surface area (Å²) in [7, 11) is -2.07. The van der Waals surface area contributed by atoms with Crippen LogP contribution >= 0.6 is 0 Å². The number of halogens is 1. The molecule has 2 heterocycles. The maximum atomic E-state index is 13.2. The molecule has 0 saturated heterocycles. The van der Waals surface area contributed by atoms with Crippen LogP contribution in [0.5, 0.6) is 0 Å². The lowest BCUT2D eigenvalue weighted by Crippen LogP contribution is -2.07. The maximum absolute atomic E-state index is 13.2. The summed E-state index contributed by atoms with van der Waals surface area (Å²) in [5.41, 5.74) is 0. The van der Waals surface area contributed by atoms with E-state index < -0.39 is 15.7 Å². The molecule has 0 bridgehead atoms. The molecular formula is C19H15FN4O2S. The predicted molar refractivity (Wildman–Crippen MR) is 100 cm³/mol. The van der Waals surface area contributed by atoms with Crippen LogP contribution in [0.1, 0.15) is 0 Å². The highest BCUT2D eigenvalue weighted by Gasteiger charge is 2.21. The molecule has 136 valence electrons. The molecule has 1 N–H and O–H groups in total. The Morgan fingerprint density at radius 3 is 2.52 bits per heavy atom. The second-order valence-corrected chi connectivity index (χ2v) is 7.93. The van der Waals surface area contributed by atoms with Gasteiger partial charge in [-0.3, -0.25) is 0 Å². The first-order chi connectivity index (χ1) is 12.9. The fourth-order valence-corrected chi connectivity index (χ4v) is 3.97. The van der Waals surface area contributed by atoms with Crippen molar-refractivity contribution in [2.45, 2.75) is 9.92 Å². The molecule has 27 heavy (non-hydrogen) atoms. The smallest absolute Gasteiger partial charge is 0.223 e. The fourth-order valence-electron chi connectivity index (χ4n) is 2.74. The number of hydrogen-bond donors (Lipinski definition) is 1. The number of imidazole rings is 1. The minimum atomic E-state index is -3.90. The van der Waals surface area contributed by atoms with Crippen LogP contribution in [-0.2, 0) is 16.9 Å². The van der Waals surface area contributed by atoms with Crippen molar-refractivity contribution in [3.05, 3.63) is 72.9 Å². The Balaban J connectivity index is 1.87. The van der Waals surface area contributed by atoms with Crippen molar-refractivity contribution in [2.24, 2.45) is 7.05 Å². The van der Waals surface area contributed by atoms with E-state index in [9.17, 15) is 12.8 Å². The molecule has 0 atom stereocenters. The zero-order valence-electron chi connectivity index (χ0n) is 14.3. The number of sulfone groups is 1. The van der Waals surface area contributed by atoms with Crippen molar-refractivity contribution < 1.29 is 12.8 Å². The summed E-state index contributed by atoms with van der Waals surface area (Å²) < 4.78 is 40.9. The van der Waals surface area contributed by atoms with Gasteiger partial charge in [-0.1, -0.05) is 24.3 Å². The number of benzene rings is 2. The van der Waals surface area contributed by atoms with Gasteiger partial charge in [-0.05, 0) is 35.7 Å². The van der Waals surface area contributed by atoms with Gasteiger partial charge in [0.05, 0.1) is 11.2 Å². The van der Waals surface area contributed by atoms with E-state index >= 15 is 0 Å². The normalized spacial score (nSPS) is 11.6. The average Bonchev–Trinajstić information content (AvgIpc) is 3.07. The quantitative estimate of drug-likeness (QED) is 0.545. The van der Waals surface area contributed by atoms with E-state index in [1.54, 1.807) is 17.1 Å². The van der Waals surface area contributed by atoms with Crippen molar-refractivity contribution in [3.63, 3.8) is 0 Å². The molecule has 0 aliphatic heterocycles. The Morgan fingerprint density at radius 2 is 1.81 bits per heavy atom. The predicted octanol–water partition coefficient (Wildman–Crippen LogP) is 3.68. The largest absolute Gasteiger partial charge is 0.338 e. The Labute approximate surface area is 155 Å². The van der Waals surface area contributed by atoms with Crippen molar-refractivity contribution >= 4 is 32.2 Å². The highest BCUT2D eigenvalue weighted by atomic mass is 32.2. The highest BCUT2D eigenvalue weighted by Crippen LogP contribution is 2.29. The Bertz CT molecular complexity index is 1230. The van der Waals surface area contributed by atoms with Gasteiger partial charge in [0.15, 0.2) is 5.03 Å². The van der Waals surface area contributed by atoms with Crippen molar-refractivity contribution in [1.82, 2.24) is 14.5 Å². The molecule has 0 aliphatic carbocycles. The zero-order chi connectivity index (χ0) is 19.0. The van der Waals surface area contributed by atoms with Crippen LogP contribution in [0.25, 0.3) is 10.8 Å². The van der Waals surface area contributed by atoms with Crippen LogP contribution < -0.4 is 5.32 Å². The number of aromatic nitrogens is 3. The summed E-state index contributed by atoms with van der Waals surface area (Å²) in [6.45, 7) is 0. The number of nitrogens with one attached hydrogen (secondary N) is 1. The first kappa shape index (κ1) is 17.2. The fraction of sp³-hybridized carbons (Fsp3) is 0.0526. The Hall–Kier alpha value is -3.26. The van der Waals surface area contributed by atoms with Crippen LogP contribution in [0.2, 0.25) is 0 Å². The lowest BCUT2D eigenvalue weighted by atomic mass is 10.1. The minimum Gasteiger partial charge on any atom is -0.338 e. The van der Waals surface area contributed by atoms with Gasteiger partial charge in [0.2, 0.25) is 9.84 Å². The monoisotopic (exact) mass is 382 g/mol. The molecule has 4 aromatic rings. The first-order valence-electron chi connectivity index (χ1n) is 8.09. The first-order valence-corrected chi connectivity index (χ1v) is 9.57. The molecule has 2 aromatic carbocycles. The number of pyridine rings is 1. The molecule has 8 heteroatoms. The van der Waals surface area contributed by atoms with Crippen LogP contribution in [0.4, 0.5) is 16.0 Å². The summed E-state index contributed by atoms with van der Waals surface area (Å²) in [5.74, 6) is 0.428. The SMILES string of the molecule is Cn1cnc(Nc2nc(S(=O)(=O)c3ccc(F)cc3)cc3ccccc23)c1. The van der Waals surface area contributed by atoms with Crippen molar-refractivity contribution in [2.75, 3.05) is 5.32 Å². The molecule has 0 saturated carbocycles. The van der Waals surface area contributed by atoms with Gasteiger partial charge in [0.25, 0.3) is 0 Å². The topological polar surface area (TPSA) is 76.9 Å². The molecule has 6 nitrogen and oxygen atoms in total. The van der Waals surface area contributed by atoms with E-state index in [2.05, 4.69) is 15.3 Å². The van der Waals surface area contributed by atoms with Gasteiger partial charge in [-0.25, -0.2) is 22.8 Å².